The molecular formula is C10H14O2S. The van der Waals surface area contributed by atoms with Crippen LogP contribution in [0.15, 0.2) is 17.5 Å². The van der Waals surface area contributed by atoms with E-state index in [1.165, 1.54) is 4.88 Å². The summed E-state index contributed by atoms with van der Waals surface area (Å²) < 4.78 is 5.22. The maximum Gasteiger partial charge on any atom is 0.132 e. The van der Waals surface area contributed by atoms with Gasteiger partial charge in [0.1, 0.15) is 5.78 Å². The third-order valence-electron chi connectivity index (χ3n) is 1.86. The molecule has 0 saturated carbocycles. The van der Waals surface area contributed by atoms with Crippen molar-refractivity contribution < 1.29 is 9.53 Å². The Morgan fingerprint density at radius 1 is 1.69 bits per heavy atom. The highest BCUT2D eigenvalue weighted by atomic mass is 32.1. The second kappa shape index (κ2) is 5.14. The van der Waals surface area contributed by atoms with Crippen LogP contribution in [0.25, 0.3) is 0 Å². The van der Waals surface area contributed by atoms with Crippen molar-refractivity contribution in [2.75, 3.05) is 7.11 Å². The fourth-order valence-electron chi connectivity index (χ4n) is 1.21. The molecule has 0 aliphatic heterocycles. The third kappa shape index (κ3) is 3.70. The molecule has 1 aromatic rings. The molecule has 72 valence electrons. The average Bonchev–Trinajstić information content (AvgIpc) is 2.55. The summed E-state index contributed by atoms with van der Waals surface area (Å²) in [4.78, 5) is 12.1. The summed E-state index contributed by atoms with van der Waals surface area (Å²) >= 11 is 1.70. The zero-order valence-corrected chi connectivity index (χ0v) is 8.76. The quantitative estimate of drug-likeness (QED) is 0.725. The Morgan fingerprint density at radius 3 is 2.92 bits per heavy atom. The van der Waals surface area contributed by atoms with E-state index in [1.807, 2.05) is 11.4 Å². The van der Waals surface area contributed by atoms with Gasteiger partial charge in [0.05, 0.1) is 6.10 Å². The second-order valence-corrected chi connectivity index (χ2v) is 4.08. The molecule has 0 N–H and O–H groups in total. The smallest absolute Gasteiger partial charge is 0.132 e. The number of rotatable bonds is 5. The first-order valence-corrected chi connectivity index (χ1v) is 5.15. The maximum absolute atomic E-state index is 10.9. The lowest BCUT2D eigenvalue weighted by Gasteiger charge is -2.11. The van der Waals surface area contributed by atoms with E-state index >= 15 is 0 Å². The van der Waals surface area contributed by atoms with Gasteiger partial charge >= 0.3 is 0 Å². The summed E-state index contributed by atoms with van der Waals surface area (Å²) in [6, 6.07) is 4.08. The van der Waals surface area contributed by atoms with Crippen LogP contribution in [0.1, 0.15) is 18.2 Å². The van der Waals surface area contributed by atoms with Gasteiger partial charge in [-0.25, -0.2) is 0 Å². The normalized spacial score (nSPS) is 12.8. The van der Waals surface area contributed by atoms with Crippen molar-refractivity contribution in [2.45, 2.75) is 25.9 Å². The molecule has 3 heteroatoms. The van der Waals surface area contributed by atoms with Gasteiger partial charge in [0.2, 0.25) is 0 Å². The van der Waals surface area contributed by atoms with E-state index in [9.17, 15) is 4.79 Å². The minimum atomic E-state index is 0.0381. The Balaban J connectivity index is 2.45. The lowest BCUT2D eigenvalue weighted by molar-refractivity contribution is -0.119. The molecule has 0 aliphatic carbocycles. The van der Waals surface area contributed by atoms with Crippen molar-refractivity contribution in [3.8, 4) is 0 Å². The van der Waals surface area contributed by atoms with Crippen LogP contribution in [-0.4, -0.2) is 19.0 Å². The van der Waals surface area contributed by atoms with E-state index in [1.54, 1.807) is 25.4 Å². The number of methoxy groups -OCH3 is 1. The first kappa shape index (κ1) is 10.4. The summed E-state index contributed by atoms with van der Waals surface area (Å²) in [5.74, 6) is 0.184. The summed E-state index contributed by atoms with van der Waals surface area (Å²) in [5.41, 5.74) is 0. The summed E-state index contributed by atoms with van der Waals surface area (Å²) in [7, 11) is 1.65. The van der Waals surface area contributed by atoms with Crippen molar-refractivity contribution >= 4 is 17.1 Å². The Kier molecular flexibility index (Phi) is 4.12. The van der Waals surface area contributed by atoms with Crippen LogP contribution in [0.5, 0.6) is 0 Å². The number of hydrogen-bond donors (Lipinski definition) is 0. The molecule has 1 unspecified atom stereocenters. The number of carbonyl (C=O) groups excluding carboxylic acids is 1. The molecule has 2 nitrogen and oxygen atoms in total. The lowest BCUT2D eigenvalue weighted by atomic mass is 10.1. The summed E-state index contributed by atoms with van der Waals surface area (Å²) in [6.07, 6.45) is 1.39. The highest BCUT2D eigenvalue weighted by molar-refractivity contribution is 7.09. The van der Waals surface area contributed by atoms with E-state index in [2.05, 4.69) is 6.07 Å². The standard InChI is InChI=1S/C10H14O2S/c1-8(11)6-9(12-2)7-10-4-3-5-13-10/h3-5,9H,6-7H2,1-2H3. The van der Waals surface area contributed by atoms with Crippen molar-refractivity contribution in [2.24, 2.45) is 0 Å². The molecule has 0 spiro atoms. The van der Waals surface area contributed by atoms with Gasteiger partial charge in [-0.1, -0.05) is 6.07 Å². The minimum Gasteiger partial charge on any atom is -0.381 e. The molecule has 13 heavy (non-hydrogen) atoms. The van der Waals surface area contributed by atoms with E-state index in [0.717, 1.165) is 6.42 Å². The fourth-order valence-corrected chi connectivity index (χ4v) is 1.98. The van der Waals surface area contributed by atoms with Crippen molar-refractivity contribution in [3.05, 3.63) is 22.4 Å². The molecule has 0 fully saturated rings. The topological polar surface area (TPSA) is 26.3 Å². The van der Waals surface area contributed by atoms with Crippen molar-refractivity contribution in [3.63, 3.8) is 0 Å². The van der Waals surface area contributed by atoms with Gasteiger partial charge in [0.15, 0.2) is 0 Å². The molecule has 0 amide bonds. The number of hydrogen-bond acceptors (Lipinski definition) is 3. The Bertz CT molecular complexity index is 254. The first-order valence-electron chi connectivity index (χ1n) is 4.27. The second-order valence-electron chi connectivity index (χ2n) is 3.05. The van der Waals surface area contributed by atoms with Crippen LogP contribution in [0.3, 0.4) is 0 Å². The Hall–Kier alpha value is -0.670. The van der Waals surface area contributed by atoms with Crippen molar-refractivity contribution in [1.82, 2.24) is 0 Å². The lowest BCUT2D eigenvalue weighted by Crippen LogP contribution is -2.16. The van der Waals surface area contributed by atoms with Gasteiger partial charge in [0, 0.05) is 24.8 Å². The molecule has 1 rings (SSSR count). The molecule has 0 bridgehead atoms. The fraction of sp³-hybridized carbons (Fsp3) is 0.500. The van der Waals surface area contributed by atoms with Gasteiger partial charge in [-0.3, -0.25) is 4.79 Å². The third-order valence-corrected chi connectivity index (χ3v) is 2.76. The zero-order valence-electron chi connectivity index (χ0n) is 7.95. The van der Waals surface area contributed by atoms with Gasteiger partial charge < -0.3 is 4.74 Å². The Morgan fingerprint density at radius 2 is 2.46 bits per heavy atom. The van der Waals surface area contributed by atoms with Gasteiger partial charge in [-0.15, -0.1) is 11.3 Å². The average molecular weight is 198 g/mol. The molecule has 1 atom stereocenters. The molecule has 0 radical (unpaired) electrons. The molecule has 0 aromatic carbocycles. The van der Waals surface area contributed by atoms with E-state index in [-0.39, 0.29) is 11.9 Å². The number of carbonyl (C=O) groups is 1. The Labute approximate surface area is 82.5 Å². The summed E-state index contributed by atoms with van der Waals surface area (Å²) in [5, 5.41) is 2.04. The number of ether oxygens (including phenoxy) is 1. The van der Waals surface area contributed by atoms with Crippen LogP contribution in [0, 0.1) is 0 Å². The number of thiophene rings is 1. The first-order chi connectivity index (χ1) is 6.22. The predicted octanol–water partition coefficient (Wildman–Crippen LogP) is 2.28. The predicted molar refractivity (Wildman–Crippen MR) is 54.1 cm³/mol. The highest BCUT2D eigenvalue weighted by Gasteiger charge is 2.11. The molecule has 1 heterocycles. The van der Waals surface area contributed by atoms with Gasteiger partial charge in [-0.2, -0.15) is 0 Å². The zero-order chi connectivity index (χ0) is 9.68. The minimum absolute atomic E-state index is 0.0381. The SMILES string of the molecule is COC(CC(C)=O)Cc1cccs1. The van der Waals surface area contributed by atoms with E-state index in [4.69, 9.17) is 4.74 Å². The maximum atomic E-state index is 10.9. The molecular weight excluding hydrogens is 184 g/mol. The monoisotopic (exact) mass is 198 g/mol. The number of Topliss-reactive ketones (excluding diaryl/α,β-unsaturated/α-hetero) is 1. The molecule has 1 aromatic heterocycles. The van der Waals surface area contributed by atoms with Crippen molar-refractivity contribution in [1.29, 1.82) is 0 Å². The molecule has 0 saturated heterocycles. The van der Waals surface area contributed by atoms with Crippen LogP contribution in [0.4, 0.5) is 0 Å². The van der Waals surface area contributed by atoms with E-state index in [0.29, 0.717) is 6.42 Å². The van der Waals surface area contributed by atoms with Gasteiger partial charge in [0.25, 0.3) is 0 Å². The highest BCUT2D eigenvalue weighted by Crippen LogP contribution is 2.14. The number of ketones is 1. The van der Waals surface area contributed by atoms with Crippen LogP contribution < -0.4 is 0 Å². The van der Waals surface area contributed by atoms with Crippen LogP contribution in [-0.2, 0) is 16.0 Å². The molecule has 0 aliphatic rings. The summed E-state index contributed by atoms with van der Waals surface area (Å²) in [6.45, 7) is 1.60. The van der Waals surface area contributed by atoms with Crippen LogP contribution in [0.2, 0.25) is 0 Å². The van der Waals surface area contributed by atoms with Gasteiger partial charge in [-0.05, 0) is 18.4 Å². The van der Waals surface area contributed by atoms with E-state index < -0.39 is 0 Å². The van der Waals surface area contributed by atoms with Crippen LogP contribution >= 0.6 is 11.3 Å². The largest absolute Gasteiger partial charge is 0.381 e.